The second-order valence-corrected chi connectivity index (χ2v) is 15.4. The van der Waals surface area contributed by atoms with Crippen molar-refractivity contribution in [1.29, 1.82) is 0 Å². The summed E-state index contributed by atoms with van der Waals surface area (Å²) >= 11 is 0. The summed E-state index contributed by atoms with van der Waals surface area (Å²) in [5.41, 5.74) is 0.830. The maximum Gasteiger partial charge on any atom is 0.416 e. The topological polar surface area (TPSA) is 114 Å². The number of piperidine rings is 1. The monoisotopic (exact) mass is 609 g/mol. The quantitative estimate of drug-likeness (QED) is 0.378. The van der Waals surface area contributed by atoms with E-state index in [-0.39, 0.29) is 30.3 Å². The predicted octanol–water partition coefficient (Wildman–Crippen LogP) is 4.81. The zero-order valence-corrected chi connectivity index (χ0v) is 24.4. The molecule has 0 atom stereocenters. The lowest BCUT2D eigenvalue weighted by Gasteiger charge is -2.40. The van der Waals surface area contributed by atoms with Crippen LogP contribution in [0.15, 0.2) is 66.1 Å². The Bertz CT molecular complexity index is 1650. The van der Waals surface area contributed by atoms with E-state index < -0.39 is 47.0 Å². The third-order valence-electron chi connectivity index (χ3n) is 7.58. The predicted molar refractivity (Wildman–Crippen MR) is 147 cm³/mol. The van der Waals surface area contributed by atoms with Gasteiger partial charge in [-0.3, -0.25) is 4.79 Å². The summed E-state index contributed by atoms with van der Waals surface area (Å²) in [6, 6.07) is 8.62. The average molecular weight is 610 g/mol. The van der Waals surface area contributed by atoms with Crippen molar-refractivity contribution in [3.05, 3.63) is 77.9 Å². The van der Waals surface area contributed by atoms with Crippen molar-refractivity contribution in [1.82, 2.24) is 14.9 Å². The first-order chi connectivity index (χ1) is 19.0. The Morgan fingerprint density at radius 1 is 0.951 bits per heavy atom. The van der Waals surface area contributed by atoms with Crippen LogP contribution in [0.1, 0.15) is 48.2 Å². The first kappa shape index (κ1) is 30.6. The molecule has 4 rings (SSSR count). The molecule has 13 heteroatoms. The molecule has 1 aliphatic rings. The molecule has 0 radical (unpaired) electrons. The number of alkyl halides is 3. The average Bonchev–Trinajstić information content (AvgIpc) is 2.92. The third kappa shape index (κ3) is 6.61. The number of carbonyl (C=O) groups excluding carboxylic acids is 1. The smallest absolute Gasteiger partial charge is 0.339 e. The van der Waals surface area contributed by atoms with Gasteiger partial charge in [-0.15, -0.1) is 0 Å². The standard InChI is InChI=1S/C28H30F3N3O5S2/c1-27(2,41(38,39)24-6-4-5-23(14-24)28(29,30)31)22-9-11-34(12-10-22)26(35)25-8-7-19(21-15-32-18-33-16-21)13-20(25)17-40(3,36)37/h4-8,13-16,18,22H,9-12,17H2,1-3H3. The Balaban J connectivity index is 1.55. The lowest BCUT2D eigenvalue weighted by Crippen LogP contribution is -2.47. The van der Waals surface area contributed by atoms with Crippen LogP contribution < -0.4 is 0 Å². The summed E-state index contributed by atoms with van der Waals surface area (Å²) in [7, 11) is -7.63. The van der Waals surface area contributed by atoms with Crippen LogP contribution in [0, 0.1) is 5.92 Å². The van der Waals surface area contributed by atoms with E-state index in [9.17, 15) is 34.8 Å². The van der Waals surface area contributed by atoms with Crippen LogP contribution in [-0.4, -0.2) is 61.7 Å². The van der Waals surface area contributed by atoms with Crippen LogP contribution in [0.25, 0.3) is 11.1 Å². The molecule has 2 heterocycles. The molecule has 0 bridgehead atoms. The molecule has 1 amide bonds. The van der Waals surface area contributed by atoms with E-state index >= 15 is 0 Å². The Kier molecular flexibility index (Phi) is 8.34. The van der Waals surface area contributed by atoms with Crippen molar-refractivity contribution in [3.63, 3.8) is 0 Å². The van der Waals surface area contributed by atoms with Gasteiger partial charge in [-0.2, -0.15) is 13.2 Å². The van der Waals surface area contributed by atoms with Gasteiger partial charge in [0.25, 0.3) is 5.91 Å². The summed E-state index contributed by atoms with van der Waals surface area (Å²) in [4.78, 5) is 22.7. The molecule has 3 aromatic rings. The Morgan fingerprint density at radius 2 is 1.59 bits per heavy atom. The maximum absolute atomic E-state index is 13.5. The number of nitrogens with zero attached hydrogens (tertiary/aromatic N) is 3. The minimum atomic E-state index is -4.68. The summed E-state index contributed by atoms with van der Waals surface area (Å²) in [5, 5.41) is 0. The molecule has 2 aromatic carbocycles. The molecule has 220 valence electrons. The molecule has 0 N–H and O–H groups in total. The summed E-state index contributed by atoms with van der Waals surface area (Å²) in [6.07, 6.45) is 1.54. The number of hydrogen-bond acceptors (Lipinski definition) is 7. The van der Waals surface area contributed by atoms with Gasteiger partial charge in [0.1, 0.15) is 6.33 Å². The van der Waals surface area contributed by atoms with E-state index in [0.29, 0.717) is 35.6 Å². The van der Waals surface area contributed by atoms with Crippen molar-refractivity contribution >= 4 is 25.6 Å². The summed E-state index contributed by atoms with van der Waals surface area (Å²) < 4.78 is 89.6. The van der Waals surface area contributed by atoms with Gasteiger partial charge in [-0.1, -0.05) is 12.1 Å². The van der Waals surface area contributed by atoms with E-state index in [0.717, 1.165) is 18.4 Å². The SMILES string of the molecule is CC(C)(C1CCN(C(=O)c2ccc(-c3cncnc3)cc2CS(C)(=O)=O)CC1)S(=O)(=O)c1cccc(C(F)(F)F)c1. The summed E-state index contributed by atoms with van der Waals surface area (Å²) in [6.45, 7) is 3.41. The molecule has 1 fully saturated rings. The number of likely N-dealkylation sites (tertiary alicyclic amines) is 1. The van der Waals surface area contributed by atoms with E-state index in [1.807, 2.05) is 0 Å². The molecule has 0 unspecified atom stereocenters. The van der Waals surface area contributed by atoms with Crippen LogP contribution in [0.4, 0.5) is 13.2 Å². The van der Waals surface area contributed by atoms with Gasteiger partial charge >= 0.3 is 6.18 Å². The van der Waals surface area contributed by atoms with Gasteiger partial charge in [-0.25, -0.2) is 26.8 Å². The minimum Gasteiger partial charge on any atom is -0.339 e. The van der Waals surface area contributed by atoms with Crippen LogP contribution >= 0.6 is 0 Å². The molecule has 1 aliphatic heterocycles. The molecule has 0 aliphatic carbocycles. The van der Waals surface area contributed by atoms with Gasteiger partial charge in [0, 0.05) is 42.9 Å². The molecule has 1 saturated heterocycles. The van der Waals surface area contributed by atoms with E-state index in [4.69, 9.17) is 0 Å². The molecule has 8 nitrogen and oxygen atoms in total. The fourth-order valence-corrected chi connectivity index (χ4v) is 7.77. The lowest BCUT2D eigenvalue weighted by molar-refractivity contribution is -0.137. The van der Waals surface area contributed by atoms with Crippen molar-refractivity contribution < 1.29 is 34.8 Å². The Hall–Kier alpha value is -3.32. The van der Waals surface area contributed by atoms with Crippen LogP contribution in [0.3, 0.4) is 0 Å². The fraction of sp³-hybridized carbons (Fsp3) is 0.393. The molecular formula is C28H30F3N3O5S2. The highest BCUT2D eigenvalue weighted by Gasteiger charge is 2.45. The van der Waals surface area contributed by atoms with E-state index in [1.54, 1.807) is 35.5 Å². The van der Waals surface area contributed by atoms with Crippen molar-refractivity contribution in [2.24, 2.45) is 5.92 Å². The largest absolute Gasteiger partial charge is 0.416 e. The van der Waals surface area contributed by atoms with Gasteiger partial charge < -0.3 is 4.90 Å². The normalized spacial score (nSPS) is 15.6. The zero-order valence-electron chi connectivity index (χ0n) is 22.7. The minimum absolute atomic E-state index is 0.206. The molecule has 1 aromatic heterocycles. The maximum atomic E-state index is 13.5. The van der Waals surface area contributed by atoms with E-state index in [1.165, 1.54) is 26.2 Å². The summed E-state index contributed by atoms with van der Waals surface area (Å²) in [5.74, 6) is -1.16. The number of benzene rings is 2. The van der Waals surface area contributed by atoms with Gasteiger partial charge in [-0.05, 0) is 74.1 Å². The fourth-order valence-electron chi connectivity index (χ4n) is 5.14. The number of rotatable bonds is 7. The highest BCUT2D eigenvalue weighted by molar-refractivity contribution is 7.92. The number of sulfone groups is 2. The second kappa shape index (κ2) is 11.2. The highest BCUT2D eigenvalue weighted by atomic mass is 32.2. The molecule has 41 heavy (non-hydrogen) atoms. The number of carbonyl (C=O) groups is 1. The number of aromatic nitrogens is 2. The Morgan fingerprint density at radius 3 is 2.17 bits per heavy atom. The molecule has 0 saturated carbocycles. The second-order valence-electron chi connectivity index (χ2n) is 10.8. The van der Waals surface area contributed by atoms with Gasteiger partial charge in [0.2, 0.25) is 0 Å². The number of hydrogen-bond donors (Lipinski definition) is 0. The van der Waals surface area contributed by atoms with Crippen molar-refractivity contribution in [2.45, 2.75) is 48.3 Å². The lowest BCUT2D eigenvalue weighted by atomic mass is 9.85. The van der Waals surface area contributed by atoms with Gasteiger partial charge in [0.05, 0.1) is 21.0 Å². The number of amides is 1. The van der Waals surface area contributed by atoms with Crippen LogP contribution in [-0.2, 0) is 31.6 Å². The van der Waals surface area contributed by atoms with Crippen molar-refractivity contribution in [2.75, 3.05) is 19.3 Å². The van der Waals surface area contributed by atoms with E-state index in [2.05, 4.69) is 9.97 Å². The number of halogens is 3. The Labute approximate surface area is 237 Å². The molecule has 0 spiro atoms. The van der Waals surface area contributed by atoms with Crippen LogP contribution in [0.2, 0.25) is 0 Å². The van der Waals surface area contributed by atoms with Gasteiger partial charge in [0.15, 0.2) is 19.7 Å². The highest BCUT2D eigenvalue weighted by Crippen LogP contribution is 2.40. The first-order valence-electron chi connectivity index (χ1n) is 12.8. The van der Waals surface area contributed by atoms with Crippen molar-refractivity contribution in [3.8, 4) is 11.1 Å². The zero-order chi connectivity index (χ0) is 30.2. The third-order valence-corrected chi connectivity index (χ3v) is 11.0. The molecular weight excluding hydrogens is 579 g/mol. The first-order valence-corrected chi connectivity index (χ1v) is 16.3. The van der Waals surface area contributed by atoms with Crippen LogP contribution in [0.5, 0.6) is 0 Å².